The molecule has 0 aromatic carbocycles. The Balaban J connectivity index is 1.66. The highest BCUT2D eigenvalue weighted by Gasteiger charge is 2.24. The molecule has 1 N–H and O–H groups in total. The summed E-state index contributed by atoms with van der Waals surface area (Å²) in [6, 6.07) is 0.770. The summed E-state index contributed by atoms with van der Waals surface area (Å²) in [7, 11) is 2.22. The second kappa shape index (κ2) is 6.66. The largest absolute Gasteiger partial charge is 0.351 e. The number of hydrogen-bond acceptors (Lipinski definition) is 4. The van der Waals surface area contributed by atoms with Gasteiger partial charge in [-0.1, -0.05) is 26.7 Å². The molecule has 0 aliphatic heterocycles. The summed E-state index contributed by atoms with van der Waals surface area (Å²) in [4.78, 5) is 8.80. The number of thiazole rings is 1. The van der Waals surface area contributed by atoms with Gasteiger partial charge in [0.05, 0.1) is 5.69 Å². The smallest absolute Gasteiger partial charge is 0.185 e. The van der Waals surface area contributed by atoms with Crippen molar-refractivity contribution in [2.45, 2.75) is 70.9 Å². The summed E-state index contributed by atoms with van der Waals surface area (Å²) in [5, 5.41) is 4.87. The van der Waals surface area contributed by atoms with E-state index in [2.05, 4.69) is 31.1 Å². The first-order valence-corrected chi connectivity index (χ1v) is 9.39. The van der Waals surface area contributed by atoms with Gasteiger partial charge in [-0.25, -0.2) is 4.98 Å². The quantitative estimate of drug-likeness (QED) is 0.820. The van der Waals surface area contributed by atoms with Gasteiger partial charge in [0.15, 0.2) is 5.13 Å². The van der Waals surface area contributed by atoms with Crippen molar-refractivity contribution in [3.63, 3.8) is 0 Å². The molecule has 3 nitrogen and oxygen atoms in total. The molecule has 0 atom stereocenters. The molecule has 1 aromatic rings. The first-order valence-electron chi connectivity index (χ1n) is 8.57. The van der Waals surface area contributed by atoms with Crippen LogP contribution in [0.1, 0.15) is 68.9 Å². The molecule has 1 aromatic heterocycles. The third kappa shape index (κ3) is 3.98. The maximum atomic E-state index is 4.95. The van der Waals surface area contributed by atoms with Gasteiger partial charge in [0.1, 0.15) is 0 Å². The van der Waals surface area contributed by atoms with Crippen molar-refractivity contribution in [2.75, 3.05) is 18.5 Å². The predicted molar refractivity (Wildman–Crippen MR) is 91.3 cm³/mol. The minimum atomic E-state index is 0.519. The van der Waals surface area contributed by atoms with Crippen LogP contribution < -0.4 is 10.2 Å². The predicted octanol–water partition coefficient (Wildman–Crippen LogP) is 4.14. The number of aromatic nitrogens is 1. The maximum absolute atomic E-state index is 4.95. The Kier molecular flexibility index (Phi) is 4.85. The average molecular weight is 308 g/mol. The summed E-state index contributed by atoms with van der Waals surface area (Å²) in [5.41, 5.74) is 1.31. The minimum Gasteiger partial charge on any atom is -0.351 e. The van der Waals surface area contributed by atoms with Crippen LogP contribution in [0.5, 0.6) is 0 Å². The van der Waals surface area contributed by atoms with E-state index in [1.54, 1.807) is 0 Å². The molecule has 0 bridgehead atoms. The van der Waals surface area contributed by atoms with E-state index in [-0.39, 0.29) is 0 Å². The molecule has 0 spiro atoms. The molecule has 4 heteroatoms. The van der Waals surface area contributed by atoms with Gasteiger partial charge in [-0.2, -0.15) is 0 Å². The van der Waals surface area contributed by atoms with Crippen molar-refractivity contribution in [1.29, 1.82) is 0 Å². The minimum absolute atomic E-state index is 0.519. The first-order chi connectivity index (χ1) is 10.1. The molecular weight excluding hydrogens is 278 g/mol. The van der Waals surface area contributed by atoms with E-state index in [1.165, 1.54) is 60.8 Å². The van der Waals surface area contributed by atoms with E-state index in [0.717, 1.165) is 18.5 Å². The van der Waals surface area contributed by atoms with Gasteiger partial charge < -0.3 is 10.2 Å². The number of hydrogen-bond donors (Lipinski definition) is 1. The van der Waals surface area contributed by atoms with Crippen molar-refractivity contribution in [2.24, 2.45) is 5.92 Å². The van der Waals surface area contributed by atoms with Crippen LogP contribution in [0.15, 0.2) is 0 Å². The van der Waals surface area contributed by atoms with Crippen LogP contribution in [-0.4, -0.2) is 24.6 Å². The lowest BCUT2D eigenvalue weighted by atomic mass is 10.1. The van der Waals surface area contributed by atoms with Crippen LogP contribution in [0.2, 0.25) is 0 Å². The van der Waals surface area contributed by atoms with Gasteiger partial charge >= 0.3 is 0 Å². The second-order valence-electron chi connectivity index (χ2n) is 7.15. The number of rotatable bonds is 7. The summed E-state index contributed by atoms with van der Waals surface area (Å²) >= 11 is 1.90. The van der Waals surface area contributed by atoms with E-state index < -0.39 is 0 Å². The Morgan fingerprint density at radius 1 is 1.24 bits per heavy atom. The Labute approximate surface area is 133 Å². The molecule has 2 fully saturated rings. The highest BCUT2D eigenvalue weighted by atomic mass is 32.1. The lowest BCUT2D eigenvalue weighted by Gasteiger charge is -2.20. The fourth-order valence-electron chi connectivity index (χ4n) is 3.27. The Morgan fingerprint density at radius 3 is 2.57 bits per heavy atom. The van der Waals surface area contributed by atoms with Crippen LogP contribution in [0.4, 0.5) is 5.13 Å². The normalized spacial score (nSPS) is 19.6. The standard InChI is InChI=1S/C17H29N3S/c1-12(2)16-15(10-18-14-8-9-14)21-17(19-16)20(3)11-13-6-4-5-7-13/h12-14,18H,4-11H2,1-3H3. The molecular formula is C17H29N3S. The monoisotopic (exact) mass is 307 g/mol. The van der Waals surface area contributed by atoms with Gasteiger partial charge in [-0.15, -0.1) is 11.3 Å². The highest BCUT2D eigenvalue weighted by Crippen LogP contribution is 2.33. The maximum Gasteiger partial charge on any atom is 0.185 e. The van der Waals surface area contributed by atoms with E-state index >= 15 is 0 Å². The number of nitrogens with one attached hydrogen (secondary N) is 1. The zero-order chi connectivity index (χ0) is 14.8. The van der Waals surface area contributed by atoms with Gasteiger partial charge in [0.2, 0.25) is 0 Å². The van der Waals surface area contributed by atoms with Crippen LogP contribution in [0, 0.1) is 5.92 Å². The molecule has 21 heavy (non-hydrogen) atoms. The van der Waals surface area contributed by atoms with Gasteiger partial charge in [-0.05, 0) is 37.5 Å². The molecule has 2 saturated carbocycles. The lowest BCUT2D eigenvalue weighted by molar-refractivity contribution is 0.546. The average Bonchev–Trinajstić information content (AvgIpc) is 2.97. The molecule has 0 saturated heterocycles. The van der Waals surface area contributed by atoms with Crippen molar-refractivity contribution in [1.82, 2.24) is 10.3 Å². The van der Waals surface area contributed by atoms with E-state index in [9.17, 15) is 0 Å². The summed E-state index contributed by atoms with van der Waals surface area (Å²) in [6.45, 7) is 6.71. The first kappa shape index (κ1) is 15.3. The molecule has 0 amide bonds. The van der Waals surface area contributed by atoms with E-state index in [1.807, 2.05) is 11.3 Å². The van der Waals surface area contributed by atoms with Crippen LogP contribution >= 0.6 is 11.3 Å². The van der Waals surface area contributed by atoms with Crippen molar-refractivity contribution in [3.05, 3.63) is 10.6 Å². The van der Waals surface area contributed by atoms with Crippen LogP contribution in [0.3, 0.4) is 0 Å². The van der Waals surface area contributed by atoms with E-state index in [4.69, 9.17) is 4.98 Å². The Bertz CT molecular complexity index is 459. The van der Waals surface area contributed by atoms with Gasteiger partial charge in [-0.3, -0.25) is 0 Å². The zero-order valence-corrected chi connectivity index (χ0v) is 14.5. The summed E-state index contributed by atoms with van der Waals surface area (Å²) < 4.78 is 0. The topological polar surface area (TPSA) is 28.2 Å². The fourth-order valence-corrected chi connectivity index (χ4v) is 4.41. The second-order valence-corrected chi connectivity index (χ2v) is 8.21. The Hall–Kier alpha value is -0.610. The highest BCUT2D eigenvalue weighted by molar-refractivity contribution is 7.15. The van der Waals surface area contributed by atoms with Crippen molar-refractivity contribution >= 4 is 16.5 Å². The fraction of sp³-hybridized carbons (Fsp3) is 0.824. The van der Waals surface area contributed by atoms with Gasteiger partial charge in [0.25, 0.3) is 0 Å². The Morgan fingerprint density at radius 2 is 1.95 bits per heavy atom. The molecule has 2 aliphatic rings. The molecule has 2 aliphatic carbocycles. The van der Waals surface area contributed by atoms with Crippen molar-refractivity contribution in [3.8, 4) is 0 Å². The van der Waals surface area contributed by atoms with E-state index in [0.29, 0.717) is 5.92 Å². The number of nitrogens with zero attached hydrogens (tertiary/aromatic N) is 2. The SMILES string of the molecule is CC(C)c1nc(N(C)CC2CCCC2)sc1CNC1CC1. The summed E-state index contributed by atoms with van der Waals surface area (Å²) in [6.07, 6.45) is 8.36. The molecule has 118 valence electrons. The zero-order valence-electron chi connectivity index (χ0n) is 13.7. The third-order valence-electron chi connectivity index (χ3n) is 4.73. The molecule has 3 rings (SSSR count). The van der Waals surface area contributed by atoms with Gasteiger partial charge in [0, 0.05) is 31.1 Å². The van der Waals surface area contributed by atoms with Crippen LogP contribution in [-0.2, 0) is 6.54 Å². The molecule has 1 heterocycles. The molecule has 0 radical (unpaired) electrons. The number of anilines is 1. The van der Waals surface area contributed by atoms with Crippen molar-refractivity contribution < 1.29 is 0 Å². The summed E-state index contributed by atoms with van der Waals surface area (Å²) in [5.74, 6) is 1.40. The molecule has 0 unspecified atom stereocenters. The van der Waals surface area contributed by atoms with Crippen LogP contribution in [0.25, 0.3) is 0 Å². The third-order valence-corrected chi connectivity index (χ3v) is 5.91. The lowest BCUT2D eigenvalue weighted by Crippen LogP contribution is -2.23.